The van der Waals surface area contributed by atoms with Crippen LogP contribution in [0, 0.1) is 5.92 Å². The fraction of sp³-hybridized carbons (Fsp3) is 0.615. The molecule has 2 N–H and O–H groups in total. The highest BCUT2D eigenvalue weighted by molar-refractivity contribution is 8.00. The maximum Gasteiger partial charge on any atom is 0.327 e. The lowest BCUT2D eigenvalue weighted by molar-refractivity contribution is -0.141. The van der Waals surface area contributed by atoms with Crippen molar-refractivity contribution >= 4 is 23.8 Å². The van der Waals surface area contributed by atoms with E-state index < -0.39 is 12.0 Å². The van der Waals surface area contributed by atoms with Crippen molar-refractivity contribution < 1.29 is 14.7 Å². The van der Waals surface area contributed by atoms with Crippen molar-refractivity contribution in [2.75, 3.05) is 5.75 Å². The van der Waals surface area contributed by atoms with Gasteiger partial charge in [0.25, 0.3) is 0 Å². The average Bonchev–Trinajstić information content (AvgIpc) is 3.04. The summed E-state index contributed by atoms with van der Waals surface area (Å²) in [5, 5.41) is 16.3. The Kier molecular flexibility index (Phi) is 3.79. The second-order valence-corrected chi connectivity index (χ2v) is 6.61. The van der Waals surface area contributed by atoms with Gasteiger partial charge in [-0.1, -0.05) is 0 Å². The molecule has 2 atom stereocenters. The second-order valence-electron chi connectivity index (χ2n) is 5.46. The Balaban J connectivity index is 1.66. The first-order valence-corrected chi connectivity index (χ1v) is 8.00. The third kappa shape index (κ3) is 2.99. The first-order chi connectivity index (χ1) is 10.1. The molecule has 1 saturated heterocycles. The first kappa shape index (κ1) is 14.2. The van der Waals surface area contributed by atoms with Crippen LogP contribution >= 0.6 is 11.8 Å². The summed E-state index contributed by atoms with van der Waals surface area (Å²) in [5.74, 6) is -0.0216. The van der Waals surface area contributed by atoms with E-state index in [1.165, 1.54) is 4.90 Å². The van der Waals surface area contributed by atoms with Gasteiger partial charge in [0.15, 0.2) is 0 Å². The van der Waals surface area contributed by atoms with Crippen molar-refractivity contribution in [1.29, 1.82) is 0 Å². The minimum absolute atomic E-state index is 0.00478. The van der Waals surface area contributed by atoms with Gasteiger partial charge >= 0.3 is 12.0 Å². The Bertz CT molecular complexity index is 557. The lowest BCUT2D eigenvalue weighted by Crippen LogP contribution is -2.50. The molecule has 1 aliphatic carbocycles. The van der Waals surface area contributed by atoms with Gasteiger partial charge in [0.2, 0.25) is 0 Å². The monoisotopic (exact) mass is 310 g/mol. The van der Waals surface area contributed by atoms with Gasteiger partial charge in [-0.15, -0.1) is 11.8 Å². The molecule has 2 fully saturated rings. The van der Waals surface area contributed by atoms with Gasteiger partial charge in [0, 0.05) is 19.0 Å². The van der Waals surface area contributed by atoms with Gasteiger partial charge in [-0.25, -0.2) is 9.59 Å². The quantitative estimate of drug-likeness (QED) is 0.861. The van der Waals surface area contributed by atoms with Crippen LogP contribution in [0.4, 0.5) is 4.79 Å². The number of carboxylic acids is 1. The van der Waals surface area contributed by atoms with E-state index in [4.69, 9.17) is 0 Å². The van der Waals surface area contributed by atoms with Gasteiger partial charge in [0.05, 0.1) is 17.6 Å². The van der Waals surface area contributed by atoms with E-state index in [1.807, 2.05) is 13.1 Å². The van der Waals surface area contributed by atoms with E-state index in [-0.39, 0.29) is 11.4 Å². The number of thioether (sulfide) groups is 1. The van der Waals surface area contributed by atoms with Gasteiger partial charge in [-0.3, -0.25) is 9.58 Å². The number of aryl methyl sites for hydroxylation is 1. The largest absolute Gasteiger partial charge is 0.480 e. The molecule has 2 aliphatic rings. The fourth-order valence-corrected chi connectivity index (χ4v) is 4.16. The highest BCUT2D eigenvalue weighted by atomic mass is 32.2. The van der Waals surface area contributed by atoms with Crippen molar-refractivity contribution in [3.63, 3.8) is 0 Å². The molecular formula is C13H18N4O3S. The Hall–Kier alpha value is -1.70. The van der Waals surface area contributed by atoms with Gasteiger partial charge in [-0.2, -0.15) is 5.10 Å². The number of carbonyl (C=O) groups is 2. The van der Waals surface area contributed by atoms with Crippen LogP contribution in [0.15, 0.2) is 12.3 Å². The van der Waals surface area contributed by atoms with E-state index in [9.17, 15) is 14.7 Å². The zero-order chi connectivity index (χ0) is 15.0. The summed E-state index contributed by atoms with van der Waals surface area (Å²) in [6, 6.07) is 0.783. The molecule has 0 radical (unpaired) electrons. The van der Waals surface area contributed by atoms with Crippen LogP contribution < -0.4 is 5.32 Å². The number of aromatic nitrogens is 2. The number of rotatable bonds is 4. The van der Waals surface area contributed by atoms with Crippen LogP contribution in [-0.2, 0) is 18.4 Å². The molecule has 0 spiro atoms. The van der Waals surface area contributed by atoms with E-state index in [2.05, 4.69) is 10.4 Å². The molecule has 0 bridgehead atoms. The lowest BCUT2D eigenvalue weighted by Gasteiger charge is -2.27. The predicted molar refractivity (Wildman–Crippen MR) is 77.7 cm³/mol. The van der Waals surface area contributed by atoms with Crippen molar-refractivity contribution in [2.24, 2.45) is 13.0 Å². The van der Waals surface area contributed by atoms with E-state index in [0.29, 0.717) is 18.2 Å². The van der Waals surface area contributed by atoms with Crippen LogP contribution in [0.1, 0.15) is 18.5 Å². The SMILES string of the molecule is Cn1ccc(CNC(=O)N2C(C(=O)O)CSC2C2CC2)n1. The Morgan fingerprint density at radius 2 is 2.29 bits per heavy atom. The molecule has 2 amide bonds. The fourth-order valence-electron chi connectivity index (χ4n) is 2.53. The molecule has 21 heavy (non-hydrogen) atoms. The molecule has 1 aromatic heterocycles. The number of urea groups is 1. The summed E-state index contributed by atoms with van der Waals surface area (Å²) in [6.07, 6.45) is 3.96. The number of amides is 2. The molecule has 2 unspecified atom stereocenters. The first-order valence-electron chi connectivity index (χ1n) is 6.95. The molecule has 2 heterocycles. The predicted octanol–water partition coefficient (Wildman–Crippen LogP) is 0.868. The minimum Gasteiger partial charge on any atom is -0.480 e. The summed E-state index contributed by atoms with van der Waals surface area (Å²) < 4.78 is 1.67. The van der Waals surface area contributed by atoms with Crippen molar-refractivity contribution in [2.45, 2.75) is 30.8 Å². The third-order valence-electron chi connectivity index (χ3n) is 3.77. The van der Waals surface area contributed by atoms with Crippen molar-refractivity contribution in [1.82, 2.24) is 20.0 Å². The summed E-state index contributed by atoms with van der Waals surface area (Å²) in [6.45, 7) is 0.310. The van der Waals surface area contributed by atoms with Crippen LogP contribution in [-0.4, -0.2) is 49.0 Å². The van der Waals surface area contributed by atoms with Gasteiger partial charge in [-0.05, 0) is 24.8 Å². The molecular weight excluding hydrogens is 292 g/mol. The van der Waals surface area contributed by atoms with Gasteiger partial charge in [0.1, 0.15) is 6.04 Å². The third-order valence-corrected chi connectivity index (χ3v) is 5.23. The average molecular weight is 310 g/mol. The van der Waals surface area contributed by atoms with Crippen molar-refractivity contribution in [3.8, 4) is 0 Å². The highest BCUT2D eigenvalue weighted by Gasteiger charge is 2.48. The maximum absolute atomic E-state index is 12.4. The molecule has 114 valence electrons. The molecule has 1 aliphatic heterocycles. The Morgan fingerprint density at radius 1 is 1.52 bits per heavy atom. The molecule has 8 heteroatoms. The van der Waals surface area contributed by atoms with Crippen LogP contribution in [0.3, 0.4) is 0 Å². The number of hydrogen-bond donors (Lipinski definition) is 2. The van der Waals surface area contributed by atoms with Crippen LogP contribution in [0.25, 0.3) is 0 Å². The number of nitrogens with one attached hydrogen (secondary N) is 1. The summed E-state index contributed by atoms with van der Waals surface area (Å²) in [4.78, 5) is 25.2. The molecule has 1 saturated carbocycles. The zero-order valence-corrected chi connectivity index (χ0v) is 12.5. The van der Waals surface area contributed by atoms with Gasteiger partial charge < -0.3 is 10.4 Å². The molecule has 3 rings (SSSR count). The topological polar surface area (TPSA) is 87.5 Å². The Labute approximate surface area is 126 Å². The summed E-state index contributed by atoms with van der Waals surface area (Å²) in [5.41, 5.74) is 0.757. The number of aliphatic carboxylic acids is 1. The number of hydrogen-bond acceptors (Lipinski definition) is 4. The van der Waals surface area contributed by atoms with Crippen LogP contribution in [0.2, 0.25) is 0 Å². The molecule has 0 aromatic carbocycles. The summed E-state index contributed by atoms with van der Waals surface area (Å²) >= 11 is 1.58. The van der Waals surface area contributed by atoms with Crippen molar-refractivity contribution in [3.05, 3.63) is 18.0 Å². The Morgan fingerprint density at radius 3 is 2.86 bits per heavy atom. The highest BCUT2D eigenvalue weighted by Crippen LogP contribution is 2.45. The molecule has 7 nitrogen and oxygen atoms in total. The number of nitrogens with zero attached hydrogens (tertiary/aromatic N) is 3. The van der Waals surface area contributed by atoms with E-state index in [1.54, 1.807) is 22.6 Å². The maximum atomic E-state index is 12.4. The van der Waals surface area contributed by atoms with E-state index in [0.717, 1.165) is 18.5 Å². The second kappa shape index (κ2) is 5.59. The molecule has 1 aromatic rings. The standard InChI is InChI=1S/C13H18N4O3S/c1-16-5-4-9(15-16)6-14-13(20)17-10(12(18)19)7-21-11(17)8-2-3-8/h4-5,8,10-11H,2-3,6-7H2,1H3,(H,14,20)(H,18,19). The van der Waals surface area contributed by atoms with Crippen LogP contribution in [0.5, 0.6) is 0 Å². The number of carboxylic acid groups (broad SMARTS) is 1. The zero-order valence-electron chi connectivity index (χ0n) is 11.7. The minimum atomic E-state index is -0.932. The number of carbonyl (C=O) groups excluding carboxylic acids is 1. The smallest absolute Gasteiger partial charge is 0.327 e. The van der Waals surface area contributed by atoms with E-state index >= 15 is 0 Å². The normalized spacial score (nSPS) is 25.1. The lowest BCUT2D eigenvalue weighted by atomic mass is 10.2. The summed E-state index contributed by atoms with van der Waals surface area (Å²) in [7, 11) is 1.81.